The molecule has 13 heteroatoms. The van der Waals surface area contributed by atoms with E-state index in [1.165, 1.54) is 68.7 Å². The summed E-state index contributed by atoms with van der Waals surface area (Å²) < 4.78 is 38.9. The minimum atomic E-state index is -1.19. The number of hydrogen-bond acceptors (Lipinski definition) is 10. The van der Waals surface area contributed by atoms with Crippen LogP contribution in [0.15, 0.2) is 6.33 Å². The summed E-state index contributed by atoms with van der Waals surface area (Å²) >= 11 is 0. The monoisotopic (exact) mass is 663 g/mol. The second-order valence-corrected chi connectivity index (χ2v) is 13.3. The number of esters is 2. The number of fused-ring (bicyclic) bond motifs is 1. The minimum absolute atomic E-state index is 0.0344. The van der Waals surface area contributed by atoms with Gasteiger partial charge in [-0.3, -0.25) is 14.9 Å². The lowest BCUT2D eigenvalue weighted by Crippen LogP contribution is -2.47. The molecule has 3 heterocycles. The Kier molecular flexibility index (Phi) is 15.3. The zero-order valence-corrected chi connectivity index (χ0v) is 29.0. The number of amides is 1. The fourth-order valence-corrected chi connectivity index (χ4v) is 5.51. The summed E-state index contributed by atoms with van der Waals surface area (Å²) in [5.41, 5.74) is -1.00. The lowest BCUT2D eigenvalue weighted by molar-refractivity contribution is -0.173. The fraction of sp³-hybridized carbons (Fsp3) is 0.765. The third-order valence-electron chi connectivity index (χ3n) is 8.43. The van der Waals surface area contributed by atoms with E-state index in [0.717, 1.165) is 19.3 Å². The van der Waals surface area contributed by atoms with Crippen molar-refractivity contribution in [1.29, 1.82) is 0 Å². The molecule has 3 rings (SSSR count). The highest BCUT2D eigenvalue weighted by Gasteiger charge is 2.52. The van der Waals surface area contributed by atoms with Crippen LogP contribution in [0.5, 0.6) is 0 Å². The van der Waals surface area contributed by atoms with Crippen LogP contribution >= 0.6 is 0 Å². The highest BCUT2D eigenvalue weighted by Crippen LogP contribution is 2.38. The molecular formula is C34H54FN5O7. The van der Waals surface area contributed by atoms with Gasteiger partial charge in [0.1, 0.15) is 12.2 Å². The number of ether oxygens (including phenoxy) is 4. The molecule has 0 bridgehead atoms. The van der Waals surface area contributed by atoms with Gasteiger partial charge < -0.3 is 23.5 Å². The van der Waals surface area contributed by atoms with Gasteiger partial charge in [0.05, 0.1) is 37.4 Å². The highest BCUT2D eigenvalue weighted by atomic mass is 19.1. The van der Waals surface area contributed by atoms with Crippen molar-refractivity contribution in [3.8, 4) is 0 Å². The van der Waals surface area contributed by atoms with E-state index in [4.69, 9.17) is 18.9 Å². The van der Waals surface area contributed by atoms with Gasteiger partial charge >= 0.3 is 24.1 Å². The molecular weight excluding hydrogens is 609 g/mol. The third kappa shape index (κ3) is 11.4. The first-order chi connectivity index (χ1) is 22.5. The molecule has 2 aromatic rings. The van der Waals surface area contributed by atoms with Crippen LogP contribution in [0.1, 0.15) is 125 Å². The van der Waals surface area contributed by atoms with E-state index in [1.807, 2.05) is 0 Å². The van der Waals surface area contributed by atoms with E-state index in [0.29, 0.717) is 0 Å². The van der Waals surface area contributed by atoms with Gasteiger partial charge in [-0.2, -0.15) is 14.4 Å². The summed E-state index contributed by atoms with van der Waals surface area (Å²) in [5.74, 6) is -1.83. The second kappa shape index (κ2) is 18.8. The first-order valence-electron chi connectivity index (χ1n) is 17.3. The molecule has 0 aromatic carbocycles. The first kappa shape index (κ1) is 38.1. The number of halogens is 1. The maximum atomic E-state index is 14.7. The molecule has 0 aliphatic carbocycles. The number of carbonyl (C=O) groups excluding carboxylic acids is 3. The predicted octanol–water partition coefficient (Wildman–Crippen LogP) is 7.31. The Bertz CT molecular complexity index is 1300. The van der Waals surface area contributed by atoms with Gasteiger partial charge in [-0.25, -0.2) is 9.78 Å². The molecule has 0 spiro atoms. The normalized spacial score (nSPS) is 19.4. The second-order valence-electron chi connectivity index (χ2n) is 13.3. The van der Waals surface area contributed by atoms with Crippen LogP contribution < -0.4 is 5.32 Å². The average molecular weight is 664 g/mol. The van der Waals surface area contributed by atoms with Gasteiger partial charge in [-0.05, 0) is 13.3 Å². The third-order valence-corrected chi connectivity index (χ3v) is 8.43. The van der Waals surface area contributed by atoms with Crippen molar-refractivity contribution in [3.05, 3.63) is 12.4 Å². The van der Waals surface area contributed by atoms with Gasteiger partial charge in [0.15, 0.2) is 23.1 Å². The highest BCUT2D eigenvalue weighted by molar-refractivity contribution is 5.93. The summed E-state index contributed by atoms with van der Waals surface area (Å²) in [6.45, 7) is 10.9. The number of rotatable bonds is 20. The van der Waals surface area contributed by atoms with Crippen LogP contribution in [0.25, 0.3) is 11.2 Å². The summed E-state index contributed by atoms with van der Waals surface area (Å²) in [6.07, 6.45) is 13.0. The molecule has 2 aromatic heterocycles. The van der Waals surface area contributed by atoms with Crippen molar-refractivity contribution < 1.29 is 37.7 Å². The molecule has 1 amide bonds. The Morgan fingerprint density at radius 2 is 1.53 bits per heavy atom. The molecule has 1 aliphatic heterocycles. The van der Waals surface area contributed by atoms with E-state index >= 15 is 0 Å². The van der Waals surface area contributed by atoms with Crippen LogP contribution in [-0.2, 0) is 28.5 Å². The number of carbonyl (C=O) groups is 3. The molecule has 1 N–H and O–H groups in total. The molecule has 1 saturated heterocycles. The number of unbranched alkanes of at least 4 members (excludes halogenated alkanes) is 11. The smallest absolute Gasteiger partial charge is 0.412 e. The van der Waals surface area contributed by atoms with Gasteiger partial charge in [-0.15, -0.1) is 0 Å². The molecule has 12 nitrogen and oxygen atoms in total. The molecule has 0 saturated carbocycles. The standard InChI is InChI=1S/C34H54FN5O7/c1-7-8-9-10-11-12-13-14-15-16-17-18-19-44-33(43)38-28-26-29(39-32(35)37-28)40(22-36-26)25-20-46-34(6,21-45-30(41)23(2)3)27(25)47-31(42)24(4)5/h22-25,27H,7-21H2,1-6H3,(H,37,38,39,43)/t25?,27-,34+/m0/s1. The number of nitrogens with one attached hydrogen (secondary N) is 1. The summed E-state index contributed by atoms with van der Waals surface area (Å²) in [6, 6.07) is -0.689. The van der Waals surface area contributed by atoms with Crippen molar-refractivity contribution in [2.45, 2.75) is 136 Å². The maximum absolute atomic E-state index is 14.7. The summed E-state index contributed by atoms with van der Waals surface area (Å²) in [4.78, 5) is 49.5. The van der Waals surface area contributed by atoms with E-state index in [1.54, 1.807) is 34.6 Å². The Morgan fingerprint density at radius 3 is 2.13 bits per heavy atom. The van der Waals surface area contributed by atoms with E-state index in [2.05, 4.69) is 27.2 Å². The number of aromatic nitrogens is 4. The van der Waals surface area contributed by atoms with Crippen molar-refractivity contribution in [1.82, 2.24) is 19.5 Å². The lowest BCUT2D eigenvalue weighted by atomic mass is 9.96. The average Bonchev–Trinajstić information content (AvgIpc) is 3.58. The van der Waals surface area contributed by atoms with Crippen molar-refractivity contribution in [2.75, 3.05) is 25.1 Å². The Morgan fingerprint density at radius 1 is 0.936 bits per heavy atom. The maximum Gasteiger partial charge on any atom is 0.412 e. The number of hydrogen-bond donors (Lipinski definition) is 1. The Balaban J connectivity index is 1.58. The van der Waals surface area contributed by atoms with E-state index < -0.39 is 47.8 Å². The SMILES string of the molecule is CCCCCCCCCCCCCCOC(=O)Nc1nc(F)nc2c1ncn2C1CO[C@](C)(COC(=O)C(C)C)[C@H]1OC(=O)C(C)C. The number of nitrogens with zero attached hydrogens (tertiary/aromatic N) is 4. The van der Waals surface area contributed by atoms with E-state index in [-0.39, 0.29) is 42.7 Å². The van der Waals surface area contributed by atoms with Crippen LogP contribution in [-0.4, -0.2) is 69.1 Å². The Hall–Kier alpha value is -3.35. The molecule has 1 fully saturated rings. The molecule has 3 atom stereocenters. The number of anilines is 1. The predicted molar refractivity (Wildman–Crippen MR) is 175 cm³/mol. The quantitative estimate of drug-likeness (QED) is 0.0663. The minimum Gasteiger partial charge on any atom is -0.462 e. The largest absolute Gasteiger partial charge is 0.462 e. The van der Waals surface area contributed by atoms with Gasteiger partial charge in [0, 0.05) is 0 Å². The number of imidazole rings is 1. The van der Waals surface area contributed by atoms with Gasteiger partial charge in [-0.1, -0.05) is 105 Å². The van der Waals surface area contributed by atoms with Gasteiger partial charge in [0.2, 0.25) is 0 Å². The zero-order valence-electron chi connectivity index (χ0n) is 29.0. The van der Waals surface area contributed by atoms with E-state index in [9.17, 15) is 18.8 Å². The van der Waals surface area contributed by atoms with Crippen molar-refractivity contribution >= 4 is 35.0 Å². The molecule has 1 aliphatic rings. The summed E-state index contributed by atoms with van der Waals surface area (Å²) in [7, 11) is 0. The Labute approximate surface area is 277 Å². The molecule has 1 unspecified atom stereocenters. The fourth-order valence-electron chi connectivity index (χ4n) is 5.51. The topological polar surface area (TPSA) is 144 Å². The zero-order chi connectivity index (χ0) is 34.4. The van der Waals surface area contributed by atoms with Crippen LogP contribution in [0.4, 0.5) is 15.0 Å². The van der Waals surface area contributed by atoms with Crippen molar-refractivity contribution in [3.63, 3.8) is 0 Å². The van der Waals surface area contributed by atoms with Gasteiger partial charge in [0.25, 0.3) is 0 Å². The van der Waals surface area contributed by atoms with Crippen molar-refractivity contribution in [2.24, 2.45) is 11.8 Å². The summed E-state index contributed by atoms with van der Waals surface area (Å²) in [5, 5.41) is 2.49. The van der Waals surface area contributed by atoms with Crippen LogP contribution in [0.3, 0.4) is 0 Å². The van der Waals surface area contributed by atoms with Crippen LogP contribution in [0.2, 0.25) is 0 Å². The molecule has 47 heavy (non-hydrogen) atoms. The van der Waals surface area contributed by atoms with Crippen LogP contribution in [0, 0.1) is 17.9 Å². The molecule has 0 radical (unpaired) electrons. The lowest BCUT2D eigenvalue weighted by Gasteiger charge is -2.32. The first-order valence-corrected chi connectivity index (χ1v) is 17.3. The molecule has 264 valence electrons.